The van der Waals surface area contributed by atoms with E-state index in [1.807, 2.05) is 13.0 Å². The first-order valence-electron chi connectivity index (χ1n) is 6.33. The van der Waals surface area contributed by atoms with Crippen LogP contribution in [0.2, 0.25) is 0 Å². The summed E-state index contributed by atoms with van der Waals surface area (Å²) in [4.78, 5) is 17.6. The highest BCUT2D eigenvalue weighted by Crippen LogP contribution is 2.17. The van der Waals surface area contributed by atoms with Crippen LogP contribution in [-0.2, 0) is 11.3 Å². The van der Waals surface area contributed by atoms with Crippen LogP contribution in [0.15, 0.2) is 41.7 Å². The normalized spacial score (nSPS) is 12.9. The summed E-state index contributed by atoms with van der Waals surface area (Å²) in [5.74, 6) is -1.30. The third-order valence-corrected chi connectivity index (χ3v) is 3.80. The Hall–Kier alpha value is -2.41. The van der Waals surface area contributed by atoms with Crippen LogP contribution in [0.1, 0.15) is 21.4 Å². The van der Waals surface area contributed by atoms with Crippen molar-refractivity contribution < 1.29 is 10.0 Å². The fourth-order valence-electron chi connectivity index (χ4n) is 1.91. The van der Waals surface area contributed by atoms with Gasteiger partial charge in [-0.2, -0.15) is 0 Å². The van der Waals surface area contributed by atoms with Gasteiger partial charge < -0.3 is 16.3 Å². The molecule has 0 spiro atoms. The number of nitrogens with two attached hydrogens (primary N) is 1. The number of thiazole rings is 1. The number of carbonyl (C=O) groups is 1. The Kier molecular flexibility index (Phi) is 4.89. The van der Waals surface area contributed by atoms with Crippen molar-refractivity contribution >= 4 is 23.1 Å². The van der Waals surface area contributed by atoms with Gasteiger partial charge in [0.25, 0.3) is 0 Å². The van der Waals surface area contributed by atoms with E-state index in [2.05, 4.69) is 15.5 Å². The molecule has 1 heterocycles. The second kappa shape index (κ2) is 6.85. The molecule has 1 aromatic heterocycles. The van der Waals surface area contributed by atoms with Gasteiger partial charge in [-0.25, -0.2) is 4.98 Å². The van der Waals surface area contributed by atoms with E-state index in [0.29, 0.717) is 12.1 Å². The summed E-state index contributed by atoms with van der Waals surface area (Å²) in [5, 5.41) is 15.4. The van der Waals surface area contributed by atoms with E-state index in [4.69, 9.17) is 10.9 Å². The van der Waals surface area contributed by atoms with Crippen LogP contribution >= 0.6 is 11.3 Å². The highest BCUT2D eigenvalue weighted by atomic mass is 32.1. The maximum atomic E-state index is 12.3. The number of oxime groups is 1. The minimum Gasteiger partial charge on any atom is -0.409 e. The standard InChI is InChI=1S/C14H16N4O2S/c1-9-7-16-11(21-9)8-17-14(19)12(13(15)18-20)10-5-3-2-4-6-10/h2-7,12,20H,8H2,1H3,(H2,15,18)(H,17,19). The van der Waals surface area contributed by atoms with E-state index in [9.17, 15) is 4.79 Å². The molecule has 0 bridgehead atoms. The van der Waals surface area contributed by atoms with E-state index in [1.165, 1.54) is 11.3 Å². The first-order valence-corrected chi connectivity index (χ1v) is 7.15. The lowest BCUT2D eigenvalue weighted by Crippen LogP contribution is -2.37. The molecule has 110 valence electrons. The lowest BCUT2D eigenvalue weighted by atomic mass is 9.97. The molecule has 0 radical (unpaired) electrons. The second-order valence-electron chi connectivity index (χ2n) is 4.45. The summed E-state index contributed by atoms with van der Waals surface area (Å²) in [7, 11) is 0. The van der Waals surface area contributed by atoms with E-state index in [1.54, 1.807) is 30.5 Å². The predicted octanol–water partition coefficient (Wildman–Crippen LogP) is 1.60. The number of nitrogens with one attached hydrogen (secondary N) is 1. The molecular formula is C14H16N4O2S. The Bertz CT molecular complexity index is 639. The molecule has 4 N–H and O–H groups in total. The van der Waals surface area contributed by atoms with Crippen LogP contribution in [0.3, 0.4) is 0 Å². The third kappa shape index (κ3) is 3.79. The summed E-state index contributed by atoms with van der Waals surface area (Å²) in [6.07, 6.45) is 1.75. The van der Waals surface area contributed by atoms with Crippen LogP contribution in [0.5, 0.6) is 0 Å². The topological polar surface area (TPSA) is 101 Å². The highest BCUT2D eigenvalue weighted by molar-refractivity contribution is 7.11. The Labute approximate surface area is 126 Å². The number of aryl methyl sites for hydroxylation is 1. The average molecular weight is 304 g/mol. The molecule has 21 heavy (non-hydrogen) atoms. The fraction of sp³-hybridized carbons (Fsp3) is 0.214. The number of benzene rings is 1. The van der Waals surface area contributed by atoms with Crippen LogP contribution in [0, 0.1) is 6.92 Å². The van der Waals surface area contributed by atoms with Crippen molar-refractivity contribution in [3.63, 3.8) is 0 Å². The molecule has 1 atom stereocenters. The van der Waals surface area contributed by atoms with Gasteiger partial charge in [-0.3, -0.25) is 4.79 Å². The van der Waals surface area contributed by atoms with E-state index < -0.39 is 5.92 Å². The number of hydrogen-bond donors (Lipinski definition) is 3. The molecule has 0 aliphatic heterocycles. The monoisotopic (exact) mass is 304 g/mol. The van der Waals surface area contributed by atoms with Crippen molar-refractivity contribution in [3.05, 3.63) is 52.0 Å². The Morgan fingerprint density at radius 3 is 2.76 bits per heavy atom. The number of hydrogen-bond acceptors (Lipinski definition) is 5. The Balaban J connectivity index is 2.12. The molecule has 6 nitrogen and oxygen atoms in total. The van der Waals surface area contributed by atoms with Gasteiger partial charge in [-0.1, -0.05) is 35.5 Å². The fourth-order valence-corrected chi connectivity index (χ4v) is 2.63. The maximum Gasteiger partial charge on any atom is 0.235 e. The molecule has 2 aromatic rings. The second-order valence-corrected chi connectivity index (χ2v) is 5.77. The van der Waals surface area contributed by atoms with Gasteiger partial charge in [0.2, 0.25) is 5.91 Å². The van der Waals surface area contributed by atoms with E-state index in [-0.39, 0.29) is 11.7 Å². The molecular weight excluding hydrogens is 288 g/mol. The third-order valence-electron chi connectivity index (χ3n) is 2.89. The predicted molar refractivity (Wildman–Crippen MR) is 81.3 cm³/mol. The van der Waals surface area contributed by atoms with Gasteiger partial charge in [0.05, 0.1) is 6.54 Å². The number of amides is 1. The first-order chi connectivity index (χ1) is 10.1. The number of nitrogens with zero attached hydrogens (tertiary/aromatic N) is 2. The van der Waals surface area contributed by atoms with Crippen LogP contribution in [0.4, 0.5) is 0 Å². The molecule has 0 saturated heterocycles. The molecule has 0 aliphatic carbocycles. The van der Waals surface area contributed by atoms with Crippen molar-refractivity contribution in [2.24, 2.45) is 10.9 Å². The van der Waals surface area contributed by atoms with Gasteiger partial charge in [-0.15, -0.1) is 11.3 Å². The van der Waals surface area contributed by atoms with Crippen molar-refractivity contribution in [1.29, 1.82) is 0 Å². The van der Waals surface area contributed by atoms with Gasteiger partial charge >= 0.3 is 0 Å². The summed E-state index contributed by atoms with van der Waals surface area (Å²) in [6.45, 7) is 2.27. The van der Waals surface area contributed by atoms with Crippen molar-refractivity contribution in [2.45, 2.75) is 19.4 Å². The van der Waals surface area contributed by atoms with Gasteiger partial charge in [0.1, 0.15) is 10.9 Å². The molecule has 0 fully saturated rings. The van der Waals surface area contributed by atoms with E-state index >= 15 is 0 Å². The zero-order valence-electron chi connectivity index (χ0n) is 11.5. The number of carbonyl (C=O) groups excluding carboxylic acids is 1. The average Bonchev–Trinajstić information content (AvgIpc) is 2.92. The van der Waals surface area contributed by atoms with E-state index in [0.717, 1.165) is 9.88 Å². The molecule has 2 rings (SSSR count). The van der Waals surface area contributed by atoms with Crippen LogP contribution < -0.4 is 11.1 Å². The summed E-state index contributed by atoms with van der Waals surface area (Å²) < 4.78 is 0. The minimum absolute atomic E-state index is 0.144. The zero-order valence-corrected chi connectivity index (χ0v) is 12.3. The first kappa shape index (κ1) is 15.0. The maximum absolute atomic E-state index is 12.3. The van der Waals surface area contributed by atoms with Gasteiger partial charge in [0, 0.05) is 11.1 Å². The summed E-state index contributed by atoms with van der Waals surface area (Å²) in [6, 6.07) is 8.95. The molecule has 0 saturated carbocycles. The molecule has 7 heteroatoms. The Morgan fingerprint density at radius 1 is 1.48 bits per heavy atom. The SMILES string of the molecule is Cc1cnc(CNC(=O)C(/C(N)=N/O)c2ccccc2)s1. The lowest BCUT2D eigenvalue weighted by molar-refractivity contribution is -0.121. The quantitative estimate of drug-likeness (QED) is 0.338. The highest BCUT2D eigenvalue weighted by Gasteiger charge is 2.25. The zero-order chi connectivity index (χ0) is 15.2. The molecule has 0 aliphatic rings. The Morgan fingerprint density at radius 2 is 2.19 bits per heavy atom. The number of amidine groups is 1. The van der Waals surface area contributed by atoms with Crippen molar-refractivity contribution in [3.8, 4) is 0 Å². The largest absolute Gasteiger partial charge is 0.409 e. The van der Waals surface area contributed by atoms with Gasteiger partial charge in [-0.05, 0) is 12.5 Å². The minimum atomic E-state index is -0.822. The lowest BCUT2D eigenvalue weighted by Gasteiger charge is -2.15. The van der Waals surface area contributed by atoms with Gasteiger partial charge in [0.15, 0.2) is 5.84 Å². The molecule has 1 unspecified atom stereocenters. The van der Waals surface area contributed by atoms with Crippen molar-refractivity contribution in [1.82, 2.24) is 10.3 Å². The summed E-state index contributed by atoms with van der Waals surface area (Å²) in [5.41, 5.74) is 6.32. The number of rotatable bonds is 5. The molecule has 1 aromatic carbocycles. The number of aromatic nitrogens is 1. The smallest absolute Gasteiger partial charge is 0.235 e. The van der Waals surface area contributed by atoms with Crippen molar-refractivity contribution in [2.75, 3.05) is 0 Å². The van der Waals surface area contributed by atoms with Crippen LogP contribution in [-0.4, -0.2) is 21.9 Å². The summed E-state index contributed by atoms with van der Waals surface area (Å²) >= 11 is 1.51. The molecule has 1 amide bonds. The van der Waals surface area contributed by atoms with Crippen LogP contribution in [0.25, 0.3) is 0 Å².